The van der Waals surface area contributed by atoms with Crippen molar-refractivity contribution < 1.29 is 0 Å². The fourth-order valence-electron chi connectivity index (χ4n) is 8.81. The predicted octanol–water partition coefficient (Wildman–Crippen LogP) is 10.5. The van der Waals surface area contributed by atoms with Crippen LogP contribution in [0.15, 0.2) is 164 Å². The number of hydrogen-bond donors (Lipinski definition) is 0. The van der Waals surface area contributed by atoms with Gasteiger partial charge in [0.1, 0.15) is 0 Å². The first-order valence-electron chi connectivity index (χ1n) is 17.4. The van der Waals surface area contributed by atoms with Gasteiger partial charge in [0.15, 0.2) is 11.6 Å². The topological polar surface area (TPSA) is 67.4 Å². The normalized spacial score (nSPS) is 13.1. The third-order valence-electron chi connectivity index (χ3n) is 10.9. The molecule has 2 aliphatic carbocycles. The molecule has 11 rings (SSSR count). The van der Waals surface area contributed by atoms with E-state index in [-0.39, 0.29) is 0 Å². The highest BCUT2D eigenvalue weighted by Gasteiger charge is 2.51. The van der Waals surface area contributed by atoms with Gasteiger partial charge in [-0.25, -0.2) is 4.98 Å². The van der Waals surface area contributed by atoms with Crippen LogP contribution in [-0.2, 0) is 5.41 Å². The van der Waals surface area contributed by atoms with Crippen LogP contribution in [0.25, 0.3) is 72.8 Å². The number of nitriles is 1. The Morgan fingerprint density at radius 3 is 1.71 bits per heavy atom. The summed E-state index contributed by atoms with van der Waals surface area (Å²) in [4.78, 5) is 15.3. The summed E-state index contributed by atoms with van der Waals surface area (Å²) in [5.41, 5.74) is 14.0. The average molecular weight is 662 g/mol. The number of fused-ring (bicyclic) bond motifs is 13. The molecule has 0 unspecified atom stereocenters. The lowest BCUT2D eigenvalue weighted by atomic mass is 9.70. The van der Waals surface area contributed by atoms with Crippen molar-refractivity contribution in [2.75, 3.05) is 0 Å². The van der Waals surface area contributed by atoms with Crippen LogP contribution in [0.4, 0.5) is 0 Å². The van der Waals surface area contributed by atoms with E-state index in [2.05, 4.69) is 120 Å². The number of aromatic nitrogens is 4. The molecule has 52 heavy (non-hydrogen) atoms. The Labute approximate surface area is 299 Å². The highest BCUT2D eigenvalue weighted by Crippen LogP contribution is 2.63. The molecular weight excluding hydrogens is 635 g/mol. The van der Waals surface area contributed by atoms with E-state index in [1.165, 1.54) is 44.5 Å². The molecule has 0 atom stereocenters. The monoisotopic (exact) mass is 661 g/mol. The van der Waals surface area contributed by atoms with E-state index in [1.807, 2.05) is 48.5 Å². The van der Waals surface area contributed by atoms with Gasteiger partial charge in [0.05, 0.1) is 28.1 Å². The molecule has 9 aromatic rings. The molecule has 0 amide bonds. The van der Waals surface area contributed by atoms with Gasteiger partial charge in [0.25, 0.3) is 0 Å². The minimum absolute atomic E-state index is 0.480. The minimum Gasteiger partial charge on any atom is -0.278 e. The number of para-hydroxylation sites is 1. The fraction of sp³-hybridized carbons (Fsp3) is 0.0213. The zero-order valence-corrected chi connectivity index (χ0v) is 27.8. The Balaban J connectivity index is 1.26. The zero-order chi connectivity index (χ0) is 34.4. The Bertz CT molecular complexity index is 2940. The summed E-state index contributed by atoms with van der Waals surface area (Å²) in [6, 6.07) is 59.7. The van der Waals surface area contributed by atoms with Gasteiger partial charge in [-0.2, -0.15) is 15.2 Å². The van der Waals surface area contributed by atoms with Crippen molar-refractivity contribution in [3.63, 3.8) is 0 Å². The highest BCUT2D eigenvalue weighted by molar-refractivity contribution is 6.12. The first-order valence-corrected chi connectivity index (χ1v) is 17.4. The number of nitrogens with zero attached hydrogens (tertiary/aromatic N) is 5. The van der Waals surface area contributed by atoms with E-state index in [9.17, 15) is 5.26 Å². The van der Waals surface area contributed by atoms with E-state index < -0.39 is 5.41 Å². The molecule has 2 heterocycles. The Kier molecular flexibility index (Phi) is 5.88. The molecule has 2 aliphatic rings. The first-order chi connectivity index (χ1) is 25.7. The van der Waals surface area contributed by atoms with Crippen molar-refractivity contribution in [3.05, 3.63) is 192 Å². The van der Waals surface area contributed by atoms with Crippen molar-refractivity contribution in [3.8, 4) is 57.0 Å². The van der Waals surface area contributed by atoms with Crippen LogP contribution in [0.1, 0.15) is 27.8 Å². The van der Waals surface area contributed by atoms with Crippen molar-refractivity contribution in [2.24, 2.45) is 0 Å². The predicted molar refractivity (Wildman–Crippen MR) is 206 cm³/mol. The van der Waals surface area contributed by atoms with Crippen LogP contribution in [0, 0.1) is 11.3 Å². The molecule has 7 aromatic carbocycles. The quantitative estimate of drug-likeness (QED) is 0.189. The van der Waals surface area contributed by atoms with Gasteiger partial charge in [-0.1, -0.05) is 133 Å². The van der Waals surface area contributed by atoms with Gasteiger partial charge in [-0.3, -0.25) is 4.57 Å². The number of hydrogen-bond acceptors (Lipinski definition) is 4. The molecular formula is C47H27N5. The number of rotatable bonds is 3. The minimum atomic E-state index is -0.480. The molecule has 240 valence electrons. The Morgan fingerprint density at radius 2 is 1.02 bits per heavy atom. The summed E-state index contributed by atoms with van der Waals surface area (Å²) in [7, 11) is 0. The van der Waals surface area contributed by atoms with Gasteiger partial charge in [0.2, 0.25) is 5.95 Å². The molecule has 2 aromatic heterocycles. The Hall–Kier alpha value is -7.16. The maximum absolute atomic E-state index is 9.73. The molecule has 5 nitrogen and oxygen atoms in total. The van der Waals surface area contributed by atoms with Crippen LogP contribution < -0.4 is 0 Å². The van der Waals surface area contributed by atoms with Gasteiger partial charge >= 0.3 is 0 Å². The summed E-state index contributed by atoms with van der Waals surface area (Å²) >= 11 is 0. The molecule has 0 fully saturated rings. The van der Waals surface area contributed by atoms with Crippen molar-refractivity contribution in [2.45, 2.75) is 5.41 Å². The van der Waals surface area contributed by atoms with Crippen LogP contribution in [-0.4, -0.2) is 19.5 Å². The smallest absolute Gasteiger partial charge is 0.238 e. The van der Waals surface area contributed by atoms with E-state index in [4.69, 9.17) is 15.0 Å². The molecule has 5 heteroatoms. The van der Waals surface area contributed by atoms with Gasteiger partial charge in [-0.15, -0.1) is 0 Å². The second-order valence-electron chi connectivity index (χ2n) is 13.5. The van der Waals surface area contributed by atoms with Crippen LogP contribution in [0.2, 0.25) is 0 Å². The summed E-state index contributed by atoms with van der Waals surface area (Å²) < 4.78 is 2.19. The molecule has 0 radical (unpaired) electrons. The van der Waals surface area contributed by atoms with Crippen LogP contribution in [0.5, 0.6) is 0 Å². The van der Waals surface area contributed by atoms with E-state index >= 15 is 0 Å². The van der Waals surface area contributed by atoms with E-state index in [1.54, 1.807) is 6.07 Å². The van der Waals surface area contributed by atoms with E-state index in [0.717, 1.165) is 32.9 Å². The first kappa shape index (κ1) is 28.7. The van der Waals surface area contributed by atoms with Crippen molar-refractivity contribution in [1.29, 1.82) is 5.26 Å². The SMILES string of the molecule is N#Cc1cccc(-c2nc(-c3ccccc3)nc(-n3c4ccccc4c4cc5c(cc43)C3(c4ccccc4-c4ccccc43)c3ccccc3-5)n2)c1. The lowest BCUT2D eigenvalue weighted by Gasteiger charge is -2.30. The molecule has 0 saturated heterocycles. The maximum Gasteiger partial charge on any atom is 0.238 e. The third-order valence-corrected chi connectivity index (χ3v) is 10.9. The molecule has 0 bridgehead atoms. The summed E-state index contributed by atoms with van der Waals surface area (Å²) in [6.07, 6.45) is 0. The van der Waals surface area contributed by atoms with Gasteiger partial charge in [-0.05, 0) is 74.8 Å². The summed E-state index contributed by atoms with van der Waals surface area (Å²) in [5.74, 6) is 1.60. The van der Waals surface area contributed by atoms with Crippen molar-refractivity contribution in [1.82, 2.24) is 19.5 Å². The highest BCUT2D eigenvalue weighted by atomic mass is 15.2. The van der Waals surface area contributed by atoms with Crippen LogP contribution in [0.3, 0.4) is 0 Å². The maximum atomic E-state index is 9.73. The number of benzene rings is 7. The van der Waals surface area contributed by atoms with Gasteiger partial charge in [0, 0.05) is 21.9 Å². The lowest BCUT2D eigenvalue weighted by molar-refractivity contribution is 0.794. The van der Waals surface area contributed by atoms with Gasteiger partial charge < -0.3 is 0 Å². The van der Waals surface area contributed by atoms with E-state index in [0.29, 0.717) is 23.2 Å². The molecule has 0 N–H and O–H groups in total. The summed E-state index contributed by atoms with van der Waals surface area (Å²) in [6.45, 7) is 0. The molecule has 1 spiro atoms. The second-order valence-corrected chi connectivity index (χ2v) is 13.5. The largest absolute Gasteiger partial charge is 0.278 e. The van der Waals surface area contributed by atoms with Crippen LogP contribution >= 0.6 is 0 Å². The zero-order valence-electron chi connectivity index (χ0n) is 27.8. The molecule has 0 saturated carbocycles. The third kappa shape index (κ3) is 3.78. The Morgan fingerprint density at radius 1 is 0.442 bits per heavy atom. The fourth-order valence-corrected chi connectivity index (χ4v) is 8.81. The second kappa shape index (κ2) is 10.7. The average Bonchev–Trinajstić information content (AvgIpc) is 3.81. The standard InChI is InChI=1S/C47H27N5/c48-28-29-13-12-16-31(25-29)45-49-44(30-14-2-1-3-15-30)50-46(51-45)52-42-24-11-7-20-35(42)37-26-36-34-19-6-10-23-40(34)47(41(36)27-43(37)52)38-21-8-4-17-32(38)33-18-5-9-22-39(33)47/h1-27H. The summed E-state index contributed by atoms with van der Waals surface area (Å²) in [5, 5.41) is 12.0. The van der Waals surface area contributed by atoms with Crippen molar-refractivity contribution >= 4 is 21.8 Å². The molecule has 0 aliphatic heterocycles. The lowest BCUT2D eigenvalue weighted by Crippen LogP contribution is -2.25.